The van der Waals surface area contributed by atoms with Gasteiger partial charge in [0.25, 0.3) is 0 Å². The average Bonchev–Trinajstić information content (AvgIpc) is 2.29. The number of halogens is 1. The van der Waals surface area contributed by atoms with Crippen molar-refractivity contribution in [2.24, 2.45) is 27.9 Å². The molecule has 0 aromatic rings. The Morgan fingerprint density at radius 1 is 1.09 bits per heavy atom. The van der Waals surface area contributed by atoms with Crippen LogP contribution in [0, 0.1) is 22.2 Å². The van der Waals surface area contributed by atoms with Crippen molar-refractivity contribution in [2.75, 3.05) is 6.54 Å². The molecule has 1 amide bonds. The van der Waals surface area contributed by atoms with Crippen molar-refractivity contribution < 1.29 is 4.79 Å². The molecule has 0 spiro atoms. The van der Waals surface area contributed by atoms with Gasteiger partial charge in [-0.25, -0.2) is 0 Å². The van der Waals surface area contributed by atoms with Crippen LogP contribution < -0.4 is 11.1 Å². The van der Waals surface area contributed by atoms with Crippen LogP contribution in [0.4, 0.5) is 0 Å². The normalized spacial score (nSPS) is 47.5. The molecule has 4 bridgehead atoms. The van der Waals surface area contributed by atoms with E-state index < -0.39 is 0 Å². The molecule has 5 saturated carbocycles. The maximum absolute atomic E-state index is 13.0. The minimum Gasteiger partial charge on any atom is -0.354 e. The quantitative estimate of drug-likeness (QED) is 0.835. The van der Waals surface area contributed by atoms with Crippen LogP contribution in [-0.2, 0) is 4.79 Å². The van der Waals surface area contributed by atoms with Crippen molar-refractivity contribution in [2.45, 2.75) is 77.2 Å². The first kappa shape index (κ1) is 16.6. The highest BCUT2D eigenvalue weighted by Crippen LogP contribution is 2.69. The lowest BCUT2D eigenvalue weighted by atomic mass is 9.40. The van der Waals surface area contributed by atoms with Gasteiger partial charge in [-0.3, -0.25) is 4.79 Å². The standard InChI is InChI=1S/C18H30N2O.ClH/c1-15-6-13-7-16(2,9-15)11-17(8-13,10-15)14(21)20-12-18(19)4-3-5-18;/h13H,3-12,19H2,1-2H3,(H,20,21);1H. The first-order valence-electron chi connectivity index (χ1n) is 8.81. The lowest BCUT2D eigenvalue weighted by molar-refractivity contribution is -0.170. The van der Waals surface area contributed by atoms with E-state index in [1.807, 2.05) is 0 Å². The minimum atomic E-state index is -0.105. The molecule has 0 aliphatic heterocycles. The number of rotatable bonds is 3. The lowest BCUT2D eigenvalue weighted by Gasteiger charge is -2.64. The second kappa shape index (κ2) is 4.86. The predicted octanol–water partition coefficient (Wildman–Crippen LogP) is 3.40. The van der Waals surface area contributed by atoms with Crippen molar-refractivity contribution in [3.63, 3.8) is 0 Å². The Balaban J connectivity index is 0.00000144. The first-order valence-corrected chi connectivity index (χ1v) is 8.81. The maximum Gasteiger partial charge on any atom is 0.226 e. The fraction of sp³-hybridized carbons (Fsp3) is 0.944. The third-order valence-electron chi connectivity index (χ3n) is 7.06. The topological polar surface area (TPSA) is 55.1 Å². The molecule has 0 aromatic carbocycles. The van der Waals surface area contributed by atoms with E-state index in [0.717, 1.165) is 38.0 Å². The zero-order valence-corrected chi connectivity index (χ0v) is 14.9. The number of amides is 1. The van der Waals surface area contributed by atoms with Gasteiger partial charge in [0, 0.05) is 12.1 Å². The molecule has 22 heavy (non-hydrogen) atoms. The summed E-state index contributed by atoms with van der Waals surface area (Å²) in [7, 11) is 0. The molecular formula is C18H31ClN2O. The molecule has 5 aliphatic carbocycles. The summed E-state index contributed by atoms with van der Waals surface area (Å²) >= 11 is 0. The third-order valence-corrected chi connectivity index (χ3v) is 7.06. The average molecular weight is 327 g/mol. The molecule has 5 aliphatic rings. The molecule has 2 unspecified atom stereocenters. The number of nitrogens with two attached hydrogens (primary N) is 1. The number of hydrogen-bond donors (Lipinski definition) is 2. The van der Waals surface area contributed by atoms with Gasteiger partial charge in [-0.15, -0.1) is 12.4 Å². The Kier molecular flexibility index (Phi) is 3.66. The summed E-state index contributed by atoms with van der Waals surface area (Å²) in [6.07, 6.45) is 10.7. The largest absolute Gasteiger partial charge is 0.354 e. The van der Waals surface area contributed by atoms with E-state index in [1.165, 1.54) is 25.7 Å². The highest BCUT2D eigenvalue weighted by Gasteiger charge is 2.62. The summed E-state index contributed by atoms with van der Waals surface area (Å²) < 4.78 is 0. The molecule has 5 rings (SSSR count). The van der Waals surface area contributed by atoms with Crippen molar-refractivity contribution in [1.29, 1.82) is 0 Å². The summed E-state index contributed by atoms with van der Waals surface area (Å²) in [5, 5.41) is 3.25. The summed E-state index contributed by atoms with van der Waals surface area (Å²) in [4.78, 5) is 13.0. The Labute approximate surface area is 140 Å². The molecule has 5 fully saturated rings. The minimum absolute atomic E-state index is 0. The SMILES string of the molecule is CC12CC3CC(C)(C1)CC(C(=O)NCC1(N)CCC1)(C3)C2.Cl. The van der Waals surface area contributed by atoms with Gasteiger partial charge in [0.05, 0.1) is 5.41 Å². The Hall–Kier alpha value is -0.280. The zero-order chi connectivity index (χ0) is 14.9. The van der Waals surface area contributed by atoms with Crippen molar-refractivity contribution >= 4 is 18.3 Å². The first-order chi connectivity index (χ1) is 9.74. The van der Waals surface area contributed by atoms with Crippen LogP contribution in [-0.4, -0.2) is 18.0 Å². The molecule has 3 N–H and O–H groups in total. The van der Waals surface area contributed by atoms with Crippen molar-refractivity contribution in [1.82, 2.24) is 5.32 Å². The molecule has 2 atom stereocenters. The fourth-order valence-electron chi connectivity index (χ4n) is 6.95. The summed E-state index contributed by atoms with van der Waals surface area (Å²) in [5.41, 5.74) is 6.90. The van der Waals surface area contributed by atoms with E-state index >= 15 is 0 Å². The predicted molar refractivity (Wildman–Crippen MR) is 90.9 cm³/mol. The van der Waals surface area contributed by atoms with E-state index in [4.69, 9.17) is 5.73 Å². The Morgan fingerprint density at radius 3 is 2.14 bits per heavy atom. The van der Waals surface area contributed by atoms with Gasteiger partial charge in [-0.1, -0.05) is 13.8 Å². The molecule has 0 heterocycles. The summed E-state index contributed by atoms with van der Waals surface area (Å²) in [6.45, 7) is 5.54. The van der Waals surface area contributed by atoms with Crippen LogP contribution in [0.5, 0.6) is 0 Å². The summed E-state index contributed by atoms with van der Waals surface area (Å²) in [6, 6.07) is 0. The van der Waals surface area contributed by atoms with Gasteiger partial charge in [-0.2, -0.15) is 0 Å². The van der Waals surface area contributed by atoms with Crippen molar-refractivity contribution in [3.05, 3.63) is 0 Å². The van der Waals surface area contributed by atoms with E-state index in [9.17, 15) is 4.79 Å². The smallest absolute Gasteiger partial charge is 0.226 e. The molecular weight excluding hydrogens is 296 g/mol. The van der Waals surface area contributed by atoms with Gasteiger partial charge in [-0.05, 0) is 74.5 Å². The van der Waals surface area contributed by atoms with Crippen LogP contribution in [0.1, 0.15) is 71.6 Å². The number of hydrogen-bond acceptors (Lipinski definition) is 2. The highest BCUT2D eigenvalue weighted by molar-refractivity contribution is 5.85. The van der Waals surface area contributed by atoms with E-state index in [2.05, 4.69) is 19.2 Å². The highest BCUT2D eigenvalue weighted by atomic mass is 35.5. The molecule has 126 valence electrons. The second-order valence-corrected chi connectivity index (χ2v) is 9.81. The number of carbonyl (C=O) groups is 1. The van der Waals surface area contributed by atoms with Gasteiger partial charge in [0.1, 0.15) is 0 Å². The zero-order valence-electron chi connectivity index (χ0n) is 14.0. The van der Waals surface area contributed by atoms with Gasteiger partial charge in [0.15, 0.2) is 0 Å². The van der Waals surface area contributed by atoms with E-state index in [0.29, 0.717) is 23.3 Å². The second-order valence-electron chi connectivity index (χ2n) is 9.81. The van der Waals surface area contributed by atoms with Crippen molar-refractivity contribution in [3.8, 4) is 0 Å². The number of nitrogens with one attached hydrogen (secondary N) is 1. The summed E-state index contributed by atoms with van der Waals surface area (Å²) in [5.74, 6) is 1.10. The van der Waals surface area contributed by atoms with E-state index in [-0.39, 0.29) is 23.4 Å². The molecule has 3 nitrogen and oxygen atoms in total. The number of carbonyl (C=O) groups excluding carboxylic acids is 1. The van der Waals surface area contributed by atoms with Crippen LogP contribution >= 0.6 is 12.4 Å². The van der Waals surface area contributed by atoms with Crippen LogP contribution in [0.2, 0.25) is 0 Å². The van der Waals surface area contributed by atoms with Gasteiger partial charge in [0.2, 0.25) is 5.91 Å². The molecule has 0 aromatic heterocycles. The third kappa shape index (κ3) is 2.49. The Bertz CT molecular complexity index is 469. The fourth-order valence-corrected chi connectivity index (χ4v) is 6.95. The monoisotopic (exact) mass is 326 g/mol. The Morgan fingerprint density at radius 2 is 1.68 bits per heavy atom. The maximum atomic E-state index is 13.0. The lowest BCUT2D eigenvalue weighted by Crippen LogP contribution is -2.62. The van der Waals surface area contributed by atoms with Crippen LogP contribution in [0.3, 0.4) is 0 Å². The molecule has 4 heteroatoms. The van der Waals surface area contributed by atoms with Gasteiger partial charge < -0.3 is 11.1 Å². The van der Waals surface area contributed by atoms with Crippen LogP contribution in [0.25, 0.3) is 0 Å². The molecule has 0 radical (unpaired) electrons. The van der Waals surface area contributed by atoms with Gasteiger partial charge >= 0.3 is 0 Å². The van der Waals surface area contributed by atoms with Crippen LogP contribution in [0.15, 0.2) is 0 Å². The van der Waals surface area contributed by atoms with E-state index in [1.54, 1.807) is 0 Å². The molecule has 0 saturated heterocycles.